The van der Waals surface area contributed by atoms with Gasteiger partial charge in [0.25, 0.3) is 0 Å². The number of aliphatic hydroxyl groups excluding tert-OH is 1. The zero-order chi connectivity index (χ0) is 17.1. The van der Waals surface area contributed by atoms with Crippen molar-refractivity contribution in [1.29, 1.82) is 0 Å². The van der Waals surface area contributed by atoms with Gasteiger partial charge in [0, 0.05) is 0 Å². The van der Waals surface area contributed by atoms with Crippen LogP contribution in [0.1, 0.15) is 11.1 Å². The molecule has 120 valence electrons. The first-order valence-corrected chi connectivity index (χ1v) is 7.22. The smallest absolute Gasteiger partial charge is 0.348 e. The van der Waals surface area contributed by atoms with Crippen LogP contribution < -0.4 is 0 Å². The van der Waals surface area contributed by atoms with Crippen LogP contribution in [0.3, 0.4) is 0 Å². The van der Waals surface area contributed by atoms with E-state index in [4.69, 9.17) is 9.47 Å². The van der Waals surface area contributed by atoms with E-state index < -0.39 is 11.9 Å². The van der Waals surface area contributed by atoms with Crippen molar-refractivity contribution in [2.75, 3.05) is 7.11 Å². The monoisotopic (exact) mass is 322 g/mol. The molecule has 0 amide bonds. The molecule has 0 aromatic heterocycles. The fraction of sp³-hybridized carbons (Fsp3) is 0.0526. The normalized spacial score (nSPS) is 16.0. The molecule has 0 spiro atoms. The number of cyclic esters (lactones) is 1. The standard InChI is InChI=1S/C19H14O5/c1-23-18(21)15(13-10-6-3-7-11-13)17-16(20)14(19(22)24-17)12-8-4-2-5-9-12/h2-11,20H,1H3. The molecule has 0 atom stereocenters. The highest BCUT2D eigenvalue weighted by atomic mass is 16.6. The molecule has 0 saturated heterocycles. The number of methoxy groups -OCH3 is 1. The Kier molecular flexibility index (Phi) is 4.16. The van der Waals surface area contributed by atoms with Crippen molar-refractivity contribution in [2.24, 2.45) is 0 Å². The number of rotatable bonds is 3. The lowest BCUT2D eigenvalue weighted by Crippen LogP contribution is -2.09. The predicted octanol–water partition coefficient (Wildman–Crippen LogP) is 3.10. The molecule has 5 nitrogen and oxygen atoms in total. The summed E-state index contributed by atoms with van der Waals surface area (Å²) in [6, 6.07) is 17.2. The molecular formula is C19H14O5. The molecule has 0 fully saturated rings. The highest BCUT2D eigenvalue weighted by Gasteiger charge is 2.35. The van der Waals surface area contributed by atoms with Crippen LogP contribution in [0.4, 0.5) is 0 Å². The zero-order valence-electron chi connectivity index (χ0n) is 12.9. The van der Waals surface area contributed by atoms with Crippen molar-refractivity contribution in [3.63, 3.8) is 0 Å². The Hall–Kier alpha value is -3.34. The lowest BCUT2D eigenvalue weighted by Gasteiger charge is -2.09. The van der Waals surface area contributed by atoms with Crippen molar-refractivity contribution < 1.29 is 24.2 Å². The molecule has 0 radical (unpaired) electrons. The van der Waals surface area contributed by atoms with Crippen LogP contribution in [0.15, 0.2) is 72.2 Å². The highest BCUT2D eigenvalue weighted by Crippen LogP contribution is 2.36. The fourth-order valence-electron chi connectivity index (χ4n) is 2.48. The van der Waals surface area contributed by atoms with Crippen LogP contribution in [0.2, 0.25) is 0 Å². The summed E-state index contributed by atoms with van der Waals surface area (Å²) >= 11 is 0. The second-order valence-corrected chi connectivity index (χ2v) is 5.04. The molecule has 2 aromatic rings. The molecule has 0 aliphatic carbocycles. The van der Waals surface area contributed by atoms with Crippen molar-refractivity contribution in [1.82, 2.24) is 0 Å². The molecule has 2 aromatic carbocycles. The minimum atomic E-state index is -0.717. The van der Waals surface area contributed by atoms with Gasteiger partial charge in [-0.15, -0.1) is 0 Å². The minimum absolute atomic E-state index is 0.00474. The van der Waals surface area contributed by atoms with Gasteiger partial charge in [0.2, 0.25) is 0 Å². The maximum absolute atomic E-state index is 12.2. The van der Waals surface area contributed by atoms with Crippen LogP contribution in [0, 0.1) is 0 Å². The van der Waals surface area contributed by atoms with Gasteiger partial charge >= 0.3 is 11.9 Å². The second kappa shape index (κ2) is 6.42. The van der Waals surface area contributed by atoms with Gasteiger partial charge in [0.15, 0.2) is 11.5 Å². The van der Waals surface area contributed by atoms with E-state index in [-0.39, 0.29) is 22.7 Å². The fourth-order valence-corrected chi connectivity index (χ4v) is 2.48. The Morgan fingerprint density at radius 2 is 1.58 bits per heavy atom. The quantitative estimate of drug-likeness (QED) is 0.694. The summed E-state index contributed by atoms with van der Waals surface area (Å²) in [6.07, 6.45) is 0. The molecule has 1 N–H and O–H groups in total. The van der Waals surface area contributed by atoms with Gasteiger partial charge in [-0.1, -0.05) is 60.7 Å². The summed E-state index contributed by atoms with van der Waals surface area (Å²) in [5.74, 6) is -2.00. The van der Waals surface area contributed by atoms with E-state index in [2.05, 4.69) is 0 Å². The van der Waals surface area contributed by atoms with Crippen molar-refractivity contribution in [3.8, 4) is 0 Å². The summed E-state index contributed by atoms with van der Waals surface area (Å²) in [5.41, 5.74) is 0.998. The number of esters is 2. The molecule has 24 heavy (non-hydrogen) atoms. The van der Waals surface area contributed by atoms with E-state index in [1.807, 2.05) is 0 Å². The number of carbonyl (C=O) groups is 2. The summed E-state index contributed by atoms with van der Waals surface area (Å²) < 4.78 is 9.98. The zero-order valence-corrected chi connectivity index (χ0v) is 12.9. The lowest BCUT2D eigenvalue weighted by atomic mass is 10.0. The summed E-state index contributed by atoms with van der Waals surface area (Å²) in [4.78, 5) is 24.4. The molecule has 0 bridgehead atoms. The molecule has 1 aliphatic heterocycles. The Morgan fingerprint density at radius 3 is 2.17 bits per heavy atom. The first-order valence-electron chi connectivity index (χ1n) is 7.22. The maximum atomic E-state index is 12.2. The van der Waals surface area contributed by atoms with E-state index in [9.17, 15) is 14.7 Å². The molecule has 1 aliphatic rings. The van der Waals surface area contributed by atoms with Gasteiger partial charge < -0.3 is 14.6 Å². The Bertz CT molecular complexity index is 848. The van der Waals surface area contributed by atoms with Crippen LogP contribution >= 0.6 is 0 Å². The SMILES string of the molecule is COC(=O)C(=C1OC(=O)C(c2ccccc2)=C1O)c1ccccc1. The van der Waals surface area contributed by atoms with Crippen LogP contribution in [-0.2, 0) is 19.1 Å². The number of hydrogen-bond donors (Lipinski definition) is 1. The molecule has 0 unspecified atom stereocenters. The molecule has 5 heteroatoms. The first kappa shape index (κ1) is 15.6. The van der Waals surface area contributed by atoms with Crippen LogP contribution in [0.25, 0.3) is 11.1 Å². The van der Waals surface area contributed by atoms with E-state index in [0.29, 0.717) is 11.1 Å². The van der Waals surface area contributed by atoms with Crippen molar-refractivity contribution >= 4 is 23.1 Å². The Labute approximate surface area is 138 Å². The van der Waals surface area contributed by atoms with Crippen molar-refractivity contribution in [2.45, 2.75) is 0 Å². The van der Waals surface area contributed by atoms with E-state index >= 15 is 0 Å². The van der Waals surface area contributed by atoms with Gasteiger partial charge in [-0.25, -0.2) is 9.59 Å². The lowest BCUT2D eigenvalue weighted by molar-refractivity contribution is -0.134. The van der Waals surface area contributed by atoms with Gasteiger partial charge in [-0.3, -0.25) is 0 Å². The largest absolute Gasteiger partial charge is 0.504 e. The topological polar surface area (TPSA) is 72.8 Å². The van der Waals surface area contributed by atoms with E-state index in [0.717, 1.165) is 0 Å². The summed E-state index contributed by atoms with van der Waals surface area (Å²) in [6.45, 7) is 0. The predicted molar refractivity (Wildman–Crippen MR) is 87.5 cm³/mol. The van der Waals surface area contributed by atoms with Crippen molar-refractivity contribution in [3.05, 3.63) is 83.3 Å². The number of aliphatic hydroxyl groups is 1. The maximum Gasteiger partial charge on any atom is 0.348 e. The molecule has 1 heterocycles. The minimum Gasteiger partial charge on any atom is -0.504 e. The van der Waals surface area contributed by atoms with E-state index in [1.54, 1.807) is 60.7 Å². The van der Waals surface area contributed by atoms with Crippen LogP contribution in [-0.4, -0.2) is 24.2 Å². The third-order valence-corrected chi connectivity index (χ3v) is 3.59. The third-order valence-electron chi connectivity index (χ3n) is 3.59. The second-order valence-electron chi connectivity index (χ2n) is 5.04. The molecule has 3 rings (SSSR count). The Balaban J connectivity index is 2.22. The van der Waals surface area contributed by atoms with E-state index in [1.165, 1.54) is 7.11 Å². The first-order chi connectivity index (χ1) is 11.6. The van der Waals surface area contributed by atoms with Gasteiger partial charge in [-0.05, 0) is 11.1 Å². The molecule has 0 saturated carbocycles. The number of ether oxygens (including phenoxy) is 2. The number of carbonyl (C=O) groups excluding carboxylic acids is 2. The average Bonchev–Trinajstić information content (AvgIpc) is 2.91. The highest BCUT2D eigenvalue weighted by molar-refractivity contribution is 6.25. The Morgan fingerprint density at radius 1 is 1.00 bits per heavy atom. The number of hydrogen-bond acceptors (Lipinski definition) is 5. The van der Waals surface area contributed by atoms with Gasteiger partial charge in [0.05, 0.1) is 7.11 Å². The molecular weight excluding hydrogens is 308 g/mol. The summed E-state index contributed by atoms with van der Waals surface area (Å²) in [7, 11) is 1.22. The summed E-state index contributed by atoms with van der Waals surface area (Å²) in [5, 5.41) is 10.5. The number of benzene rings is 2. The van der Waals surface area contributed by atoms with Gasteiger partial charge in [0.1, 0.15) is 11.1 Å². The van der Waals surface area contributed by atoms with Gasteiger partial charge in [-0.2, -0.15) is 0 Å². The van der Waals surface area contributed by atoms with Crippen LogP contribution in [0.5, 0.6) is 0 Å². The third kappa shape index (κ3) is 2.67. The average molecular weight is 322 g/mol.